The fourth-order valence-electron chi connectivity index (χ4n) is 6.11. The molecule has 1 N–H and O–H groups in total. The molecule has 5 rings (SSSR count). The van der Waals surface area contributed by atoms with Gasteiger partial charge in [0.25, 0.3) is 0 Å². The summed E-state index contributed by atoms with van der Waals surface area (Å²) < 4.78 is 0. The maximum atomic E-state index is 13.5. The maximum absolute atomic E-state index is 13.5. The van der Waals surface area contributed by atoms with Crippen LogP contribution in [0.4, 0.5) is 10.6 Å². The number of piperazine rings is 1. The lowest BCUT2D eigenvalue weighted by Gasteiger charge is -2.43. The van der Waals surface area contributed by atoms with Crippen LogP contribution in [0.2, 0.25) is 0 Å². The van der Waals surface area contributed by atoms with Crippen molar-refractivity contribution in [2.45, 2.75) is 57.1 Å². The predicted octanol–water partition coefficient (Wildman–Crippen LogP) is 1.94. The van der Waals surface area contributed by atoms with Gasteiger partial charge < -0.3 is 24.7 Å². The summed E-state index contributed by atoms with van der Waals surface area (Å²) in [7, 11) is 0. The Balaban J connectivity index is 1.19. The summed E-state index contributed by atoms with van der Waals surface area (Å²) in [6.45, 7) is 5.02. The largest absolute Gasteiger partial charge is 0.393 e. The van der Waals surface area contributed by atoms with E-state index in [0.29, 0.717) is 19.6 Å². The molecule has 3 amide bonds. The van der Waals surface area contributed by atoms with Gasteiger partial charge in [-0.3, -0.25) is 4.79 Å². The number of nitrogens with zero attached hydrogens (tertiary/aromatic N) is 5. The molecule has 3 aliphatic heterocycles. The quantitative estimate of drug-likeness (QED) is 0.759. The molecule has 1 aromatic heterocycles. The Morgan fingerprint density at radius 2 is 1.75 bits per heavy atom. The molecule has 1 aliphatic carbocycles. The van der Waals surface area contributed by atoms with E-state index in [-0.39, 0.29) is 24.1 Å². The molecule has 3 saturated heterocycles. The number of amides is 3. The van der Waals surface area contributed by atoms with Crippen molar-refractivity contribution >= 4 is 17.8 Å². The van der Waals surface area contributed by atoms with Crippen molar-refractivity contribution < 1.29 is 14.7 Å². The van der Waals surface area contributed by atoms with Crippen molar-refractivity contribution in [3.63, 3.8) is 0 Å². The van der Waals surface area contributed by atoms with Crippen molar-refractivity contribution in [2.24, 2.45) is 5.41 Å². The first-order chi connectivity index (χ1) is 15.6. The van der Waals surface area contributed by atoms with Gasteiger partial charge in [0.2, 0.25) is 5.91 Å². The van der Waals surface area contributed by atoms with Gasteiger partial charge in [0, 0.05) is 58.1 Å². The number of hydrogen-bond donors (Lipinski definition) is 1. The van der Waals surface area contributed by atoms with Crippen LogP contribution in [0.5, 0.6) is 0 Å². The van der Waals surface area contributed by atoms with Crippen LogP contribution < -0.4 is 4.90 Å². The van der Waals surface area contributed by atoms with Gasteiger partial charge in [-0.15, -0.1) is 0 Å². The topological polar surface area (TPSA) is 80.2 Å². The van der Waals surface area contributed by atoms with E-state index >= 15 is 0 Å². The molecule has 4 heterocycles. The summed E-state index contributed by atoms with van der Waals surface area (Å²) in [6, 6.07) is 6.26. The molecule has 32 heavy (non-hydrogen) atoms. The average Bonchev–Trinajstić information content (AvgIpc) is 3.15. The van der Waals surface area contributed by atoms with Crippen molar-refractivity contribution in [3.8, 4) is 0 Å². The molecular formula is C24H35N5O3. The molecule has 1 saturated carbocycles. The van der Waals surface area contributed by atoms with E-state index in [1.54, 1.807) is 6.20 Å². The second-order valence-electron chi connectivity index (χ2n) is 9.96. The number of anilines is 1. The highest BCUT2D eigenvalue weighted by Crippen LogP contribution is 2.42. The number of pyridine rings is 1. The Labute approximate surface area is 190 Å². The summed E-state index contributed by atoms with van der Waals surface area (Å²) in [5, 5.41) is 9.82. The third kappa shape index (κ3) is 4.05. The van der Waals surface area contributed by atoms with Gasteiger partial charge in [0.1, 0.15) is 5.82 Å². The minimum absolute atomic E-state index is 0.0804. The summed E-state index contributed by atoms with van der Waals surface area (Å²) in [6.07, 6.45) is 7.58. The molecule has 4 aliphatic rings. The molecule has 174 valence electrons. The van der Waals surface area contributed by atoms with Crippen molar-refractivity contribution in [1.82, 2.24) is 19.7 Å². The standard InChI is InChI=1S/C24H35N5O3/c30-20-7-5-19(6-8-20)29-13-10-24(22(29)31)9-3-12-28(18-24)23(32)27-16-14-26(15-17-27)21-4-1-2-11-25-21/h1-2,4,11,19-20,30H,3,5-10,12-18H2/t19?,20?,24-/m1/s1. The second kappa shape index (κ2) is 8.89. The van der Waals surface area contributed by atoms with Crippen LogP contribution in [0.15, 0.2) is 24.4 Å². The van der Waals surface area contributed by atoms with Gasteiger partial charge in [-0.25, -0.2) is 9.78 Å². The molecule has 4 fully saturated rings. The zero-order valence-corrected chi connectivity index (χ0v) is 18.9. The van der Waals surface area contributed by atoms with Gasteiger partial charge in [0.15, 0.2) is 0 Å². The minimum atomic E-state index is -0.403. The first-order valence-corrected chi connectivity index (χ1v) is 12.2. The minimum Gasteiger partial charge on any atom is -0.393 e. The molecule has 0 aromatic carbocycles. The third-order valence-electron chi connectivity index (χ3n) is 8.02. The highest BCUT2D eigenvalue weighted by molar-refractivity contribution is 5.86. The van der Waals surface area contributed by atoms with Crippen molar-refractivity contribution in [3.05, 3.63) is 24.4 Å². The Morgan fingerprint density at radius 1 is 0.969 bits per heavy atom. The highest BCUT2D eigenvalue weighted by Gasteiger charge is 2.51. The fraction of sp³-hybridized carbons (Fsp3) is 0.708. The number of likely N-dealkylation sites (tertiary alicyclic amines) is 2. The van der Waals surface area contributed by atoms with Crippen LogP contribution in [0, 0.1) is 5.41 Å². The summed E-state index contributed by atoms with van der Waals surface area (Å²) in [5.74, 6) is 1.21. The molecule has 1 atom stereocenters. The smallest absolute Gasteiger partial charge is 0.320 e. The molecule has 8 heteroatoms. The molecule has 0 unspecified atom stereocenters. The van der Waals surface area contributed by atoms with Crippen LogP contribution in [0.1, 0.15) is 44.9 Å². The van der Waals surface area contributed by atoms with E-state index in [0.717, 1.165) is 76.9 Å². The number of carbonyl (C=O) groups excluding carboxylic acids is 2. The maximum Gasteiger partial charge on any atom is 0.320 e. The normalized spacial score (nSPS) is 31.5. The number of aromatic nitrogens is 1. The highest BCUT2D eigenvalue weighted by atomic mass is 16.3. The van der Waals surface area contributed by atoms with E-state index in [2.05, 4.69) is 14.8 Å². The van der Waals surface area contributed by atoms with Gasteiger partial charge >= 0.3 is 6.03 Å². The zero-order chi connectivity index (χ0) is 22.1. The third-order valence-corrected chi connectivity index (χ3v) is 8.02. The first-order valence-electron chi connectivity index (χ1n) is 12.2. The zero-order valence-electron chi connectivity index (χ0n) is 18.9. The van der Waals surface area contributed by atoms with Crippen LogP contribution in [-0.2, 0) is 4.79 Å². The number of aliphatic hydroxyl groups is 1. The molecule has 0 radical (unpaired) electrons. The molecule has 1 aromatic rings. The fourth-order valence-corrected chi connectivity index (χ4v) is 6.11. The SMILES string of the molecule is O=C(N1CCN(c2ccccn2)CC1)N1CCC[C@@]2(CCN(C3CCC(O)CC3)C2=O)C1. The predicted molar refractivity (Wildman–Crippen MR) is 121 cm³/mol. The Kier molecular flexibility index (Phi) is 5.97. The lowest BCUT2D eigenvalue weighted by Crippen LogP contribution is -2.57. The number of aliphatic hydroxyl groups excluding tert-OH is 1. The van der Waals surface area contributed by atoms with E-state index < -0.39 is 5.41 Å². The number of rotatable bonds is 2. The number of carbonyl (C=O) groups is 2. The van der Waals surface area contributed by atoms with Crippen LogP contribution in [-0.4, -0.2) is 94.7 Å². The number of hydrogen-bond acceptors (Lipinski definition) is 5. The van der Waals surface area contributed by atoms with Crippen LogP contribution in [0.25, 0.3) is 0 Å². The summed E-state index contributed by atoms with van der Waals surface area (Å²) in [4.78, 5) is 39.4. The molecule has 1 spiro atoms. The molecule has 8 nitrogen and oxygen atoms in total. The summed E-state index contributed by atoms with van der Waals surface area (Å²) in [5.41, 5.74) is -0.403. The lowest BCUT2D eigenvalue weighted by atomic mass is 9.78. The van der Waals surface area contributed by atoms with Crippen molar-refractivity contribution in [1.29, 1.82) is 0 Å². The van der Waals surface area contributed by atoms with Gasteiger partial charge in [-0.1, -0.05) is 6.07 Å². The Hall–Kier alpha value is -2.35. The van der Waals surface area contributed by atoms with Crippen molar-refractivity contribution in [2.75, 3.05) is 50.7 Å². The Morgan fingerprint density at radius 3 is 2.47 bits per heavy atom. The average molecular weight is 442 g/mol. The van der Waals surface area contributed by atoms with Crippen LogP contribution in [0.3, 0.4) is 0 Å². The second-order valence-corrected chi connectivity index (χ2v) is 9.96. The monoisotopic (exact) mass is 441 g/mol. The van der Waals surface area contributed by atoms with Gasteiger partial charge in [-0.2, -0.15) is 0 Å². The van der Waals surface area contributed by atoms with E-state index in [9.17, 15) is 14.7 Å². The number of urea groups is 1. The van der Waals surface area contributed by atoms with E-state index in [1.165, 1.54) is 0 Å². The Bertz CT molecular complexity index is 820. The number of piperidine rings is 1. The summed E-state index contributed by atoms with van der Waals surface area (Å²) >= 11 is 0. The van der Waals surface area contributed by atoms with E-state index in [1.807, 2.05) is 28.0 Å². The van der Waals surface area contributed by atoms with Gasteiger partial charge in [0.05, 0.1) is 11.5 Å². The first kappa shape index (κ1) is 21.5. The van der Waals surface area contributed by atoms with Gasteiger partial charge in [-0.05, 0) is 57.1 Å². The lowest BCUT2D eigenvalue weighted by molar-refractivity contribution is -0.141. The van der Waals surface area contributed by atoms with Crippen LogP contribution >= 0.6 is 0 Å². The van der Waals surface area contributed by atoms with E-state index in [4.69, 9.17) is 0 Å². The molecular weight excluding hydrogens is 406 g/mol. The molecule has 0 bridgehead atoms.